The molecule has 0 fully saturated rings. The van der Waals surface area contributed by atoms with Crippen LogP contribution in [0.5, 0.6) is 0 Å². The van der Waals surface area contributed by atoms with E-state index < -0.39 is 5.41 Å². The Morgan fingerprint density at radius 3 is 2.00 bits per heavy atom. The van der Waals surface area contributed by atoms with Crippen LogP contribution in [0.15, 0.2) is 24.3 Å². The molecule has 0 aromatic heterocycles. The number of benzene rings is 1. The third kappa shape index (κ3) is 1.95. The van der Waals surface area contributed by atoms with Crippen molar-refractivity contribution in [3.05, 3.63) is 34.9 Å². The minimum absolute atomic E-state index is 0.234. The van der Waals surface area contributed by atoms with E-state index in [9.17, 15) is 5.26 Å². The predicted octanol–water partition coefficient (Wildman–Crippen LogP) is 4.41. The summed E-state index contributed by atoms with van der Waals surface area (Å²) in [7, 11) is 0. The fourth-order valence-electron chi connectivity index (χ4n) is 2.40. The van der Waals surface area contributed by atoms with E-state index in [4.69, 9.17) is 11.6 Å². The van der Waals surface area contributed by atoms with Gasteiger partial charge >= 0.3 is 0 Å². The van der Waals surface area contributed by atoms with E-state index in [0.29, 0.717) is 5.02 Å². The Kier molecular flexibility index (Phi) is 3.99. The van der Waals surface area contributed by atoms with E-state index in [1.807, 2.05) is 24.3 Å². The maximum Gasteiger partial charge on any atom is 0.0882 e. The number of halogens is 1. The molecule has 1 rings (SSSR count). The molecular weight excluding hydrogens is 218 g/mol. The molecular formula is C14H18ClN. The summed E-state index contributed by atoms with van der Waals surface area (Å²) in [6, 6.07) is 10.1. The molecule has 0 unspecified atom stereocenters. The molecule has 0 saturated carbocycles. The summed E-state index contributed by atoms with van der Waals surface area (Å²) >= 11 is 6.22. The Morgan fingerprint density at radius 1 is 1.12 bits per heavy atom. The van der Waals surface area contributed by atoms with E-state index in [0.717, 1.165) is 5.56 Å². The molecule has 0 N–H and O–H groups in total. The fraction of sp³-hybridized carbons (Fsp3) is 0.500. The van der Waals surface area contributed by atoms with Crippen molar-refractivity contribution in [1.29, 1.82) is 5.26 Å². The molecule has 1 aromatic carbocycles. The van der Waals surface area contributed by atoms with Crippen LogP contribution in [0.4, 0.5) is 0 Å². The molecule has 0 spiro atoms. The summed E-state index contributed by atoms with van der Waals surface area (Å²) in [6.07, 6.45) is 0. The van der Waals surface area contributed by atoms with Gasteiger partial charge in [-0.1, -0.05) is 57.5 Å². The van der Waals surface area contributed by atoms with Gasteiger partial charge in [0.1, 0.15) is 0 Å². The number of nitriles is 1. The second-order valence-electron chi connectivity index (χ2n) is 4.77. The van der Waals surface area contributed by atoms with Crippen molar-refractivity contribution >= 4 is 11.6 Å². The summed E-state index contributed by atoms with van der Waals surface area (Å²) < 4.78 is 0. The van der Waals surface area contributed by atoms with Crippen LogP contribution in [-0.2, 0) is 5.41 Å². The lowest BCUT2D eigenvalue weighted by Gasteiger charge is -2.35. The molecule has 0 atom stereocenters. The van der Waals surface area contributed by atoms with Crippen molar-refractivity contribution < 1.29 is 0 Å². The van der Waals surface area contributed by atoms with Gasteiger partial charge in [0, 0.05) is 5.02 Å². The average Bonchev–Trinajstić information content (AvgIpc) is 2.21. The highest BCUT2D eigenvalue weighted by Crippen LogP contribution is 2.41. The second-order valence-corrected chi connectivity index (χ2v) is 5.18. The third-order valence-electron chi connectivity index (χ3n) is 3.33. The lowest BCUT2D eigenvalue weighted by molar-refractivity contribution is 0.295. The maximum absolute atomic E-state index is 9.59. The van der Waals surface area contributed by atoms with Gasteiger partial charge in [-0.3, -0.25) is 0 Å². The largest absolute Gasteiger partial charge is 0.197 e. The molecule has 0 bridgehead atoms. The van der Waals surface area contributed by atoms with Crippen LogP contribution in [0.25, 0.3) is 0 Å². The lowest BCUT2D eigenvalue weighted by atomic mass is 9.65. The van der Waals surface area contributed by atoms with Crippen molar-refractivity contribution in [2.75, 3.05) is 0 Å². The van der Waals surface area contributed by atoms with E-state index in [2.05, 4.69) is 33.8 Å². The molecule has 0 amide bonds. The molecule has 0 aliphatic rings. The van der Waals surface area contributed by atoms with Crippen LogP contribution in [0, 0.1) is 23.2 Å². The van der Waals surface area contributed by atoms with Crippen LogP contribution in [0.2, 0.25) is 5.02 Å². The summed E-state index contributed by atoms with van der Waals surface area (Å²) in [5.41, 5.74) is 0.447. The SMILES string of the molecule is CC(C)C(C#N)(c1ccccc1Cl)C(C)C. The smallest absolute Gasteiger partial charge is 0.0882 e. The van der Waals surface area contributed by atoms with Crippen LogP contribution in [0.3, 0.4) is 0 Å². The highest BCUT2D eigenvalue weighted by molar-refractivity contribution is 6.31. The first-order chi connectivity index (χ1) is 7.46. The molecule has 0 aliphatic carbocycles. The number of hydrogen-bond acceptors (Lipinski definition) is 1. The Labute approximate surface area is 103 Å². The predicted molar refractivity (Wildman–Crippen MR) is 68.4 cm³/mol. The zero-order chi connectivity index (χ0) is 12.3. The zero-order valence-corrected chi connectivity index (χ0v) is 11.0. The van der Waals surface area contributed by atoms with Crippen LogP contribution < -0.4 is 0 Å². The Balaban J connectivity index is 3.45. The van der Waals surface area contributed by atoms with Gasteiger partial charge in [0.15, 0.2) is 0 Å². The van der Waals surface area contributed by atoms with Crippen LogP contribution >= 0.6 is 11.6 Å². The van der Waals surface area contributed by atoms with Gasteiger partial charge in [-0.25, -0.2) is 0 Å². The molecule has 0 radical (unpaired) electrons. The summed E-state index contributed by atoms with van der Waals surface area (Å²) in [5.74, 6) is 0.467. The van der Waals surface area contributed by atoms with Crippen molar-refractivity contribution in [2.45, 2.75) is 33.1 Å². The van der Waals surface area contributed by atoms with E-state index in [-0.39, 0.29) is 11.8 Å². The van der Waals surface area contributed by atoms with Crippen molar-refractivity contribution in [3.63, 3.8) is 0 Å². The molecule has 16 heavy (non-hydrogen) atoms. The van der Waals surface area contributed by atoms with Gasteiger partial charge in [0.05, 0.1) is 11.5 Å². The monoisotopic (exact) mass is 235 g/mol. The molecule has 0 aliphatic heterocycles. The molecule has 2 heteroatoms. The molecule has 1 aromatic rings. The summed E-state index contributed by atoms with van der Waals surface area (Å²) in [5, 5.41) is 10.3. The van der Waals surface area contributed by atoms with Gasteiger partial charge in [-0.2, -0.15) is 5.26 Å². The number of rotatable bonds is 3. The first-order valence-electron chi connectivity index (χ1n) is 5.63. The average molecular weight is 236 g/mol. The minimum Gasteiger partial charge on any atom is -0.197 e. The van der Waals surface area contributed by atoms with Gasteiger partial charge in [0.25, 0.3) is 0 Å². The Hall–Kier alpha value is -1.00. The van der Waals surface area contributed by atoms with Gasteiger partial charge in [-0.05, 0) is 23.5 Å². The number of nitrogens with zero attached hydrogens (tertiary/aromatic N) is 1. The zero-order valence-electron chi connectivity index (χ0n) is 10.3. The highest BCUT2D eigenvalue weighted by Gasteiger charge is 2.40. The first-order valence-corrected chi connectivity index (χ1v) is 6.00. The fourth-order valence-corrected chi connectivity index (χ4v) is 2.70. The maximum atomic E-state index is 9.59. The lowest BCUT2D eigenvalue weighted by Crippen LogP contribution is -2.36. The Bertz CT molecular complexity index is 393. The van der Waals surface area contributed by atoms with Crippen molar-refractivity contribution in [3.8, 4) is 6.07 Å². The van der Waals surface area contributed by atoms with Gasteiger partial charge < -0.3 is 0 Å². The van der Waals surface area contributed by atoms with E-state index >= 15 is 0 Å². The summed E-state index contributed by atoms with van der Waals surface area (Å²) in [4.78, 5) is 0. The highest BCUT2D eigenvalue weighted by atomic mass is 35.5. The Morgan fingerprint density at radius 2 is 1.62 bits per heavy atom. The van der Waals surface area contributed by atoms with E-state index in [1.165, 1.54) is 0 Å². The van der Waals surface area contributed by atoms with Crippen LogP contribution in [0.1, 0.15) is 33.3 Å². The second kappa shape index (κ2) is 4.89. The normalized spacial score (nSPS) is 11.9. The molecule has 0 saturated heterocycles. The third-order valence-corrected chi connectivity index (χ3v) is 3.66. The topological polar surface area (TPSA) is 23.8 Å². The van der Waals surface area contributed by atoms with Gasteiger partial charge in [0.2, 0.25) is 0 Å². The molecule has 1 nitrogen and oxygen atoms in total. The quantitative estimate of drug-likeness (QED) is 0.761. The minimum atomic E-state index is -0.502. The molecule has 0 heterocycles. The standard InChI is InChI=1S/C14H18ClN/c1-10(2)14(9-16,11(3)4)12-7-5-6-8-13(12)15/h5-8,10-11H,1-4H3. The van der Waals surface area contributed by atoms with Crippen molar-refractivity contribution in [2.24, 2.45) is 11.8 Å². The summed E-state index contributed by atoms with van der Waals surface area (Å²) in [6.45, 7) is 8.30. The van der Waals surface area contributed by atoms with E-state index in [1.54, 1.807) is 0 Å². The number of hydrogen-bond donors (Lipinski definition) is 0. The molecule has 86 valence electrons. The van der Waals surface area contributed by atoms with Crippen molar-refractivity contribution in [1.82, 2.24) is 0 Å². The van der Waals surface area contributed by atoms with Gasteiger partial charge in [-0.15, -0.1) is 0 Å². The van der Waals surface area contributed by atoms with Crippen LogP contribution in [-0.4, -0.2) is 0 Å². The first kappa shape index (κ1) is 13.1.